The number of rotatable bonds is 12. The zero-order valence-electron chi connectivity index (χ0n) is 15.6. The molecule has 1 aromatic carbocycles. The number of carbonyl (C=O) groups is 2. The third-order valence-electron chi connectivity index (χ3n) is 3.95. The number of halogens is 2. The zero-order valence-corrected chi connectivity index (χ0v) is 18.8. The summed E-state index contributed by atoms with van der Waals surface area (Å²) in [5, 5.41) is 0. The van der Waals surface area contributed by atoms with Gasteiger partial charge in [-0.3, -0.25) is 0 Å². The van der Waals surface area contributed by atoms with Crippen LogP contribution in [0.3, 0.4) is 0 Å². The van der Waals surface area contributed by atoms with Gasteiger partial charge >= 0.3 is 11.9 Å². The summed E-state index contributed by atoms with van der Waals surface area (Å²) in [5.74, 6) is -0.863. The van der Waals surface area contributed by atoms with Gasteiger partial charge < -0.3 is 9.47 Å². The zero-order chi connectivity index (χ0) is 19.4. The van der Waals surface area contributed by atoms with E-state index in [9.17, 15) is 9.59 Å². The Morgan fingerprint density at radius 2 is 1.35 bits per heavy atom. The van der Waals surface area contributed by atoms with Crippen molar-refractivity contribution in [3.63, 3.8) is 0 Å². The molecule has 0 N–H and O–H groups in total. The molecule has 0 unspecified atom stereocenters. The molecular formula is C20H28Br2O4. The number of esters is 2. The van der Waals surface area contributed by atoms with Crippen molar-refractivity contribution in [1.82, 2.24) is 0 Å². The maximum Gasteiger partial charge on any atom is 0.339 e. The van der Waals surface area contributed by atoms with E-state index < -0.39 is 11.9 Å². The summed E-state index contributed by atoms with van der Waals surface area (Å²) >= 11 is 6.76. The summed E-state index contributed by atoms with van der Waals surface area (Å²) in [7, 11) is 0. The van der Waals surface area contributed by atoms with E-state index in [0.29, 0.717) is 33.3 Å². The van der Waals surface area contributed by atoms with Crippen molar-refractivity contribution in [3.05, 3.63) is 32.2 Å². The lowest BCUT2D eigenvalue weighted by atomic mass is 10.1. The summed E-state index contributed by atoms with van der Waals surface area (Å²) in [6.07, 6.45) is 8.32. The van der Waals surface area contributed by atoms with Crippen molar-refractivity contribution in [2.45, 2.75) is 65.2 Å². The van der Waals surface area contributed by atoms with Gasteiger partial charge in [0, 0.05) is 8.95 Å². The molecule has 0 amide bonds. The molecule has 146 valence electrons. The number of hydrogen-bond donors (Lipinski definition) is 0. The Balaban J connectivity index is 2.66. The van der Waals surface area contributed by atoms with Crippen molar-refractivity contribution in [3.8, 4) is 0 Å². The number of ether oxygens (including phenoxy) is 2. The Morgan fingerprint density at radius 3 is 1.88 bits per heavy atom. The highest BCUT2D eigenvalue weighted by Crippen LogP contribution is 2.29. The van der Waals surface area contributed by atoms with Gasteiger partial charge in [-0.2, -0.15) is 0 Å². The first-order valence-electron chi connectivity index (χ1n) is 9.34. The van der Waals surface area contributed by atoms with Crippen LogP contribution in [0, 0.1) is 0 Å². The standard InChI is InChI=1S/C20H28Br2O4/c1-3-5-7-9-11-25-19(23)15-13-16(18(22)17(21)14-15)20(24)26-12-10-8-6-4-2/h13-14H,3-12H2,1-2H3. The molecule has 0 atom stereocenters. The molecule has 0 spiro atoms. The Bertz CT molecular complexity index is 587. The molecule has 0 aromatic heterocycles. The number of carbonyl (C=O) groups excluding carboxylic acids is 2. The van der Waals surface area contributed by atoms with Gasteiger partial charge in [0.25, 0.3) is 0 Å². The summed E-state index contributed by atoms with van der Waals surface area (Å²) in [5.41, 5.74) is 0.668. The van der Waals surface area contributed by atoms with Gasteiger partial charge in [0.1, 0.15) is 0 Å². The van der Waals surface area contributed by atoms with E-state index in [0.717, 1.165) is 51.4 Å². The van der Waals surface area contributed by atoms with Crippen LogP contribution in [0.5, 0.6) is 0 Å². The third kappa shape index (κ3) is 8.21. The molecule has 0 aliphatic heterocycles. The topological polar surface area (TPSA) is 52.6 Å². The molecule has 0 bridgehead atoms. The highest BCUT2D eigenvalue weighted by Gasteiger charge is 2.19. The van der Waals surface area contributed by atoms with Crippen LogP contribution in [0.2, 0.25) is 0 Å². The van der Waals surface area contributed by atoms with Crippen LogP contribution in [0.4, 0.5) is 0 Å². The monoisotopic (exact) mass is 490 g/mol. The smallest absolute Gasteiger partial charge is 0.339 e. The molecule has 0 fully saturated rings. The van der Waals surface area contributed by atoms with Crippen LogP contribution in [-0.2, 0) is 9.47 Å². The predicted molar refractivity (Wildman–Crippen MR) is 111 cm³/mol. The minimum atomic E-state index is -0.438. The fourth-order valence-corrected chi connectivity index (χ4v) is 3.25. The molecule has 0 heterocycles. The first kappa shape index (κ1) is 23.2. The molecule has 0 radical (unpaired) electrons. The normalized spacial score (nSPS) is 10.6. The fourth-order valence-electron chi connectivity index (χ4n) is 2.40. The lowest BCUT2D eigenvalue weighted by Crippen LogP contribution is -2.11. The van der Waals surface area contributed by atoms with E-state index in [1.807, 2.05) is 0 Å². The minimum absolute atomic E-state index is 0.327. The van der Waals surface area contributed by atoms with Crippen LogP contribution < -0.4 is 0 Å². The maximum absolute atomic E-state index is 12.3. The number of unbranched alkanes of at least 4 members (excludes halogenated alkanes) is 6. The van der Waals surface area contributed by atoms with Gasteiger partial charge in [0.15, 0.2) is 0 Å². The van der Waals surface area contributed by atoms with E-state index in [4.69, 9.17) is 9.47 Å². The van der Waals surface area contributed by atoms with Gasteiger partial charge in [0.2, 0.25) is 0 Å². The van der Waals surface area contributed by atoms with Crippen molar-refractivity contribution in [1.29, 1.82) is 0 Å². The second-order valence-corrected chi connectivity index (χ2v) is 7.86. The Morgan fingerprint density at radius 1 is 0.808 bits per heavy atom. The van der Waals surface area contributed by atoms with Crippen LogP contribution in [0.15, 0.2) is 21.1 Å². The quantitative estimate of drug-likeness (QED) is 0.241. The van der Waals surface area contributed by atoms with E-state index in [-0.39, 0.29) is 0 Å². The van der Waals surface area contributed by atoms with Gasteiger partial charge in [-0.15, -0.1) is 0 Å². The summed E-state index contributed by atoms with van der Waals surface area (Å²) < 4.78 is 11.8. The van der Waals surface area contributed by atoms with E-state index in [2.05, 4.69) is 45.7 Å². The highest BCUT2D eigenvalue weighted by atomic mass is 79.9. The molecule has 26 heavy (non-hydrogen) atoms. The SMILES string of the molecule is CCCCCCOC(=O)c1cc(Br)c(Br)c(C(=O)OCCCCCC)c1. The number of hydrogen-bond acceptors (Lipinski definition) is 4. The molecule has 4 nitrogen and oxygen atoms in total. The van der Waals surface area contributed by atoms with Crippen LogP contribution >= 0.6 is 31.9 Å². The molecular weight excluding hydrogens is 464 g/mol. The Labute approximate surface area is 173 Å². The van der Waals surface area contributed by atoms with Crippen molar-refractivity contribution in [2.75, 3.05) is 13.2 Å². The maximum atomic E-state index is 12.3. The minimum Gasteiger partial charge on any atom is -0.462 e. The molecule has 0 aliphatic rings. The van der Waals surface area contributed by atoms with Crippen LogP contribution in [-0.4, -0.2) is 25.2 Å². The molecule has 0 saturated heterocycles. The van der Waals surface area contributed by atoms with Gasteiger partial charge in [-0.05, 0) is 56.8 Å². The molecule has 1 aromatic rings. The van der Waals surface area contributed by atoms with E-state index in [1.165, 1.54) is 6.07 Å². The lowest BCUT2D eigenvalue weighted by Gasteiger charge is -2.10. The van der Waals surface area contributed by atoms with E-state index in [1.54, 1.807) is 6.07 Å². The fraction of sp³-hybridized carbons (Fsp3) is 0.600. The first-order chi connectivity index (χ1) is 12.5. The van der Waals surface area contributed by atoms with Crippen LogP contribution in [0.25, 0.3) is 0 Å². The van der Waals surface area contributed by atoms with Gasteiger partial charge in [-0.25, -0.2) is 9.59 Å². The average molecular weight is 492 g/mol. The number of benzene rings is 1. The van der Waals surface area contributed by atoms with Crippen molar-refractivity contribution >= 4 is 43.8 Å². The Hall–Kier alpha value is -0.880. The van der Waals surface area contributed by atoms with E-state index >= 15 is 0 Å². The Kier molecular flexibility index (Phi) is 11.9. The van der Waals surface area contributed by atoms with Gasteiger partial charge in [-0.1, -0.05) is 52.4 Å². The van der Waals surface area contributed by atoms with Crippen LogP contribution in [0.1, 0.15) is 85.9 Å². The molecule has 0 aliphatic carbocycles. The van der Waals surface area contributed by atoms with Crippen molar-refractivity contribution < 1.29 is 19.1 Å². The highest BCUT2D eigenvalue weighted by molar-refractivity contribution is 9.13. The largest absolute Gasteiger partial charge is 0.462 e. The van der Waals surface area contributed by atoms with Crippen molar-refractivity contribution in [2.24, 2.45) is 0 Å². The molecule has 0 saturated carbocycles. The summed E-state index contributed by atoms with van der Waals surface area (Å²) in [4.78, 5) is 24.6. The first-order valence-corrected chi connectivity index (χ1v) is 10.9. The molecule has 1 rings (SSSR count). The second-order valence-electron chi connectivity index (χ2n) is 6.21. The third-order valence-corrected chi connectivity index (χ3v) is 5.96. The molecule has 6 heteroatoms. The second kappa shape index (κ2) is 13.3. The lowest BCUT2D eigenvalue weighted by molar-refractivity contribution is 0.0495. The summed E-state index contributed by atoms with van der Waals surface area (Å²) in [6, 6.07) is 3.17. The summed E-state index contributed by atoms with van der Waals surface area (Å²) in [6.45, 7) is 5.05. The van der Waals surface area contributed by atoms with Gasteiger partial charge in [0.05, 0.1) is 24.3 Å². The average Bonchev–Trinajstić information content (AvgIpc) is 2.63. The predicted octanol–water partition coefficient (Wildman–Crippen LogP) is 6.69.